The van der Waals surface area contributed by atoms with Crippen molar-refractivity contribution < 1.29 is 5.11 Å². The minimum Gasteiger partial charge on any atom is -0.507 e. The van der Waals surface area contributed by atoms with Gasteiger partial charge in [0.15, 0.2) is 0 Å². The van der Waals surface area contributed by atoms with Crippen molar-refractivity contribution in [3.05, 3.63) is 71.4 Å². The highest BCUT2D eigenvalue weighted by molar-refractivity contribution is 6.06. The summed E-state index contributed by atoms with van der Waals surface area (Å²) in [5.41, 5.74) is 7.81. The third-order valence-electron chi connectivity index (χ3n) is 5.88. The molecule has 0 aliphatic rings. The van der Waals surface area contributed by atoms with E-state index in [1.807, 2.05) is 0 Å². The number of para-hydroxylation sites is 1. The molecule has 29 heavy (non-hydrogen) atoms. The minimum absolute atomic E-state index is 0.152. The number of hydrogen-bond donors (Lipinski definition) is 1. The van der Waals surface area contributed by atoms with E-state index < -0.39 is 0 Å². The van der Waals surface area contributed by atoms with Crippen molar-refractivity contribution in [2.45, 2.75) is 59.3 Å². The second-order valence-corrected chi connectivity index (χ2v) is 10.2. The highest BCUT2D eigenvalue weighted by Gasteiger charge is 2.28. The van der Waals surface area contributed by atoms with Gasteiger partial charge in [-0.1, -0.05) is 65.8 Å². The lowest BCUT2D eigenvalue weighted by Gasteiger charge is -2.28. The van der Waals surface area contributed by atoms with Crippen LogP contribution in [0, 0.1) is 6.92 Å². The van der Waals surface area contributed by atoms with Gasteiger partial charge in [-0.3, -0.25) is 0 Å². The van der Waals surface area contributed by atoms with Crippen LogP contribution in [-0.2, 0) is 10.8 Å². The summed E-state index contributed by atoms with van der Waals surface area (Å²) < 4.78 is 2.29. The van der Waals surface area contributed by atoms with Gasteiger partial charge < -0.3 is 9.51 Å². The quantitative estimate of drug-likeness (QED) is 0.363. The summed E-state index contributed by atoms with van der Waals surface area (Å²) in [4.78, 5) is 0. The molecule has 0 atom stereocenters. The number of phenolic OH excluding ortho intramolecular Hbond substituents is 1. The van der Waals surface area contributed by atoms with Gasteiger partial charge in [-0.2, -0.15) is 0 Å². The molecule has 150 valence electrons. The Hall–Kier alpha value is -2.74. The molecule has 1 N–H and O–H groups in total. The van der Waals surface area contributed by atoms with E-state index in [9.17, 15) is 5.11 Å². The Morgan fingerprint density at radius 3 is 1.97 bits per heavy atom. The fraction of sp³-hybridized carbons (Fsp3) is 0.333. The van der Waals surface area contributed by atoms with Crippen LogP contribution in [0.4, 0.5) is 0 Å². The van der Waals surface area contributed by atoms with Crippen molar-refractivity contribution in [3.8, 4) is 16.9 Å². The molecule has 0 fully saturated rings. The molecule has 0 saturated heterocycles. The lowest BCUT2D eigenvalue weighted by Crippen LogP contribution is -2.17. The van der Waals surface area contributed by atoms with Crippen molar-refractivity contribution in [1.82, 2.24) is 4.40 Å². The first-order chi connectivity index (χ1) is 13.5. The van der Waals surface area contributed by atoms with Gasteiger partial charge in [0.05, 0.1) is 11.0 Å². The topological polar surface area (TPSA) is 24.6 Å². The standard InChI is InChI=1S/C27H31NO/c1-17-11-10-14-28-22-13-9-8-12-19(22)23(24(17)28)18-15-20(26(2,3)4)25(29)21(16-18)27(5,6)7/h8-16,29H,1-7H3. The van der Waals surface area contributed by atoms with Gasteiger partial charge in [0, 0.05) is 28.3 Å². The lowest BCUT2D eigenvalue weighted by molar-refractivity contribution is 0.423. The first-order valence-corrected chi connectivity index (χ1v) is 10.4. The fourth-order valence-electron chi connectivity index (χ4n) is 4.37. The molecule has 0 saturated carbocycles. The van der Waals surface area contributed by atoms with Gasteiger partial charge in [-0.25, -0.2) is 0 Å². The monoisotopic (exact) mass is 385 g/mol. The molecule has 2 heteroatoms. The van der Waals surface area contributed by atoms with E-state index >= 15 is 0 Å². The van der Waals surface area contributed by atoms with Crippen molar-refractivity contribution in [2.75, 3.05) is 0 Å². The number of fused-ring (bicyclic) bond motifs is 3. The highest BCUT2D eigenvalue weighted by Crippen LogP contribution is 2.45. The maximum atomic E-state index is 11.2. The molecule has 2 aromatic carbocycles. The first kappa shape index (κ1) is 19.6. The fourth-order valence-corrected chi connectivity index (χ4v) is 4.37. The van der Waals surface area contributed by atoms with Crippen molar-refractivity contribution in [3.63, 3.8) is 0 Å². The predicted molar refractivity (Wildman–Crippen MR) is 124 cm³/mol. The Morgan fingerprint density at radius 1 is 0.793 bits per heavy atom. The minimum atomic E-state index is -0.152. The number of aryl methyl sites for hydroxylation is 1. The molecule has 0 spiro atoms. The number of pyridine rings is 1. The number of aromatic hydroxyl groups is 1. The normalized spacial score (nSPS) is 12.8. The molecule has 2 heterocycles. The van der Waals surface area contributed by atoms with Crippen LogP contribution >= 0.6 is 0 Å². The maximum absolute atomic E-state index is 11.2. The Kier molecular flexibility index (Phi) is 4.31. The summed E-state index contributed by atoms with van der Waals surface area (Å²) in [6.07, 6.45) is 2.14. The summed E-state index contributed by atoms with van der Waals surface area (Å²) >= 11 is 0. The summed E-state index contributed by atoms with van der Waals surface area (Å²) in [7, 11) is 0. The smallest absolute Gasteiger partial charge is 0.123 e. The first-order valence-electron chi connectivity index (χ1n) is 10.4. The van der Waals surface area contributed by atoms with Crippen LogP contribution in [-0.4, -0.2) is 9.51 Å². The van der Waals surface area contributed by atoms with Gasteiger partial charge in [0.25, 0.3) is 0 Å². The zero-order valence-corrected chi connectivity index (χ0v) is 18.6. The molecule has 2 aromatic heterocycles. The number of phenols is 1. The molecule has 0 aliphatic carbocycles. The Balaban J connectivity index is 2.19. The van der Waals surface area contributed by atoms with Crippen LogP contribution in [0.2, 0.25) is 0 Å². The van der Waals surface area contributed by atoms with Crippen LogP contribution in [0.25, 0.3) is 27.5 Å². The van der Waals surface area contributed by atoms with Gasteiger partial charge in [0.1, 0.15) is 5.75 Å². The van der Waals surface area contributed by atoms with Crippen LogP contribution in [0.3, 0.4) is 0 Å². The molecular weight excluding hydrogens is 354 g/mol. The third kappa shape index (κ3) is 3.11. The van der Waals surface area contributed by atoms with E-state index in [2.05, 4.69) is 108 Å². The van der Waals surface area contributed by atoms with Gasteiger partial charge in [-0.15, -0.1) is 0 Å². The molecule has 4 rings (SSSR count). The Morgan fingerprint density at radius 2 is 1.38 bits per heavy atom. The summed E-state index contributed by atoms with van der Waals surface area (Å²) in [6.45, 7) is 15.2. The van der Waals surface area contributed by atoms with E-state index in [1.54, 1.807) is 0 Å². The third-order valence-corrected chi connectivity index (χ3v) is 5.88. The van der Waals surface area contributed by atoms with Crippen LogP contribution in [0.5, 0.6) is 5.75 Å². The number of rotatable bonds is 1. The number of benzene rings is 2. The largest absolute Gasteiger partial charge is 0.507 e. The highest BCUT2D eigenvalue weighted by atomic mass is 16.3. The SMILES string of the molecule is Cc1cccn2c1c(-c1cc(C(C)(C)C)c(O)c(C(C)(C)C)c1)c1ccccc12. The maximum Gasteiger partial charge on any atom is 0.123 e. The van der Waals surface area contributed by atoms with E-state index in [-0.39, 0.29) is 10.8 Å². The molecule has 0 radical (unpaired) electrons. The van der Waals surface area contributed by atoms with E-state index in [1.165, 1.54) is 33.1 Å². The summed E-state index contributed by atoms with van der Waals surface area (Å²) in [6, 6.07) is 17.3. The Labute approximate surface area is 173 Å². The second kappa shape index (κ2) is 6.38. The van der Waals surface area contributed by atoms with E-state index in [4.69, 9.17) is 0 Å². The summed E-state index contributed by atoms with van der Waals surface area (Å²) in [5, 5.41) is 12.4. The van der Waals surface area contributed by atoms with E-state index in [0.717, 1.165) is 11.1 Å². The van der Waals surface area contributed by atoms with Gasteiger partial charge in [0.2, 0.25) is 0 Å². The summed E-state index contributed by atoms with van der Waals surface area (Å²) in [5.74, 6) is 0.429. The molecule has 0 aliphatic heterocycles. The van der Waals surface area contributed by atoms with Gasteiger partial charge >= 0.3 is 0 Å². The van der Waals surface area contributed by atoms with Crippen molar-refractivity contribution in [1.29, 1.82) is 0 Å². The van der Waals surface area contributed by atoms with E-state index in [0.29, 0.717) is 5.75 Å². The predicted octanol–water partition coefficient (Wildman–Crippen LogP) is 7.37. The molecule has 4 aromatic rings. The van der Waals surface area contributed by atoms with Crippen molar-refractivity contribution >= 4 is 16.4 Å². The van der Waals surface area contributed by atoms with Crippen LogP contribution in [0.15, 0.2) is 54.7 Å². The number of nitrogens with zero attached hydrogens (tertiary/aromatic N) is 1. The molecular formula is C27H31NO. The molecule has 0 amide bonds. The zero-order valence-electron chi connectivity index (χ0n) is 18.6. The van der Waals surface area contributed by atoms with Crippen molar-refractivity contribution in [2.24, 2.45) is 0 Å². The average molecular weight is 386 g/mol. The molecule has 0 unspecified atom stereocenters. The Bertz CT molecular complexity index is 1190. The number of hydrogen-bond acceptors (Lipinski definition) is 1. The second-order valence-electron chi connectivity index (χ2n) is 10.2. The zero-order chi connectivity index (χ0) is 21.1. The number of aromatic nitrogens is 1. The van der Waals surface area contributed by atoms with Crippen LogP contribution < -0.4 is 0 Å². The average Bonchev–Trinajstić information content (AvgIpc) is 2.96. The lowest BCUT2D eigenvalue weighted by atomic mass is 9.77. The molecule has 0 bridgehead atoms. The molecule has 2 nitrogen and oxygen atoms in total. The van der Waals surface area contributed by atoms with Crippen LogP contribution in [0.1, 0.15) is 58.2 Å². The van der Waals surface area contributed by atoms with Gasteiger partial charge in [-0.05, 0) is 53.1 Å².